The number of piperazine rings is 1. The van der Waals surface area contributed by atoms with Crippen LogP contribution in [-0.4, -0.2) is 37.7 Å². The monoisotopic (exact) mass is 452 g/mol. The third kappa shape index (κ3) is 6.00. The third-order valence-corrected chi connectivity index (χ3v) is 5.72. The van der Waals surface area contributed by atoms with Crippen LogP contribution in [0.4, 0.5) is 0 Å². The van der Waals surface area contributed by atoms with Crippen LogP contribution >= 0.6 is 40.7 Å². The average molecular weight is 454 g/mol. The molecule has 1 saturated heterocycles. The number of nitrogens with one attached hydrogen (secondary N) is 1. The molecule has 0 aromatic heterocycles. The summed E-state index contributed by atoms with van der Waals surface area (Å²) in [6.45, 7) is 7.28. The highest BCUT2D eigenvalue weighted by Crippen LogP contribution is 2.42. The Labute approximate surface area is 173 Å². The molecule has 0 amide bonds. The summed E-state index contributed by atoms with van der Waals surface area (Å²) in [7, 11) is 0. The minimum absolute atomic E-state index is 0. The first-order valence-electron chi connectivity index (χ1n) is 9.16. The number of rotatable bonds is 5. The van der Waals surface area contributed by atoms with Gasteiger partial charge in [-0.15, -0.1) is 24.8 Å². The van der Waals surface area contributed by atoms with Gasteiger partial charge in [0.1, 0.15) is 5.75 Å². The van der Waals surface area contributed by atoms with E-state index in [4.69, 9.17) is 4.74 Å². The molecule has 2 aliphatic rings. The normalized spacial score (nSPS) is 20.2. The van der Waals surface area contributed by atoms with E-state index in [2.05, 4.69) is 51.3 Å². The molecule has 0 unspecified atom stereocenters. The lowest BCUT2D eigenvalue weighted by molar-refractivity contribution is 0.101. The minimum Gasteiger partial charge on any atom is -0.494 e. The Morgan fingerprint density at radius 1 is 1.16 bits per heavy atom. The Balaban J connectivity index is 0.00000156. The summed E-state index contributed by atoms with van der Waals surface area (Å²) in [6.07, 6.45) is 6.87. The summed E-state index contributed by atoms with van der Waals surface area (Å²) in [5.41, 5.74) is 1.38. The van der Waals surface area contributed by atoms with Gasteiger partial charge in [0.2, 0.25) is 0 Å². The molecule has 2 fully saturated rings. The lowest BCUT2D eigenvalue weighted by Crippen LogP contribution is -2.47. The van der Waals surface area contributed by atoms with Crippen molar-refractivity contribution in [3.63, 3.8) is 0 Å². The molecule has 1 heterocycles. The fourth-order valence-corrected chi connectivity index (χ4v) is 4.58. The summed E-state index contributed by atoms with van der Waals surface area (Å²) >= 11 is 3.68. The zero-order chi connectivity index (χ0) is 16.1. The fourth-order valence-electron chi connectivity index (χ4n) is 4.20. The van der Waals surface area contributed by atoms with Gasteiger partial charge >= 0.3 is 0 Å². The van der Waals surface area contributed by atoms with E-state index in [1.807, 2.05) is 0 Å². The van der Waals surface area contributed by atoms with E-state index >= 15 is 0 Å². The number of nitrogens with zero attached hydrogens (tertiary/aromatic N) is 1. The standard InChI is InChI=1S/C19H29BrN2O.2ClH/c1-2-23-18-9-8-16(20)14-17(18)19(15-6-4-3-5-7-15)22-12-10-21-11-13-22;;/h8-9,14-15,19,21H,2-7,10-13H2,1H3;2*1H/t19-;;/m1../s1. The van der Waals surface area contributed by atoms with Crippen molar-refractivity contribution in [1.82, 2.24) is 10.2 Å². The smallest absolute Gasteiger partial charge is 0.124 e. The Morgan fingerprint density at radius 2 is 1.84 bits per heavy atom. The maximum atomic E-state index is 5.99. The molecule has 3 nitrogen and oxygen atoms in total. The molecule has 25 heavy (non-hydrogen) atoms. The molecule has 1 aliphatic heterocycles. The first-order valence-corrected chi connectivity index (χ1v) is 9.96. The molecule has 3 rings (SSSR count). The van der Waals surface area contributed by atoms with Crippen molar-refractivity contribution in [2.75, 3.05) is 32.8 Å². The first kappa shape index (κ1) is 23.0. The van der Waals surface area contributed by atoms with Gasteiger partial charge in [0.15, 0.2) is 0 Å². The maximum Gasteiger partial charge on any atom is 0.124 e. The topological polar surface area (TPSA) is 24.5 Å². The molecular formula is C19H31BrCl2N2O. The molecular weight excluding hydrogens is 423 g/mol. The van der Waals surface area contributed by atoms with Crippen molar-refractivity contribution in [1.29, 1.82) is 0 Å². The Bertz CT molecular complexity index is 488. The van der Waals surface area contributed by atoms with Gasteiger partial charge in [-0.1, -0.05) is 35.2 Å². The van der Waals surface area contributed by atoms with E-state index in [1.165, 1.54) is 37.7 Å². The molecule has 1 saturated carbocycles. The zero-order valence-electron chi connectivity index (χ0n) is 15.0. The highest BCUT2D eigenvalue weighted by molar-refractivity contribution is 9.10. The van der Waals surface area contributed by atoms with E-state index in [1.54, 1.807) is 0 Å². The molecule has 1 atom stereocenters. The summed E-state index contributed by atoms with van der Waals surface area (Å²) in [5.74, 6) is 1.83. The Morgan fingerprint density at radius 3 is 2.48 bits per heavy atom. The zero-order valence-corrected chi connectivity index (χ0v) is 18.2. The molecule has 1 aromatic carbocycles. The van der Waals surface area contributed by atoms with E-state index in [0.29, 0.717) is 6.04 Å². The van der Waals surface area contributed by atoms with Crippen LogP contribution in [0.25, 0.3) is 0 Å². The molecule has 144 valence electrons. The summed E-state index contributed by atoms with van der Waals surface area (Å²) < 4.78 is 7.15. The van der Waals surface area contributed by atoms with Crippen molar-refractivity contribution in [3.05, 3.63) is 28.2 Å². The Kier molecular flexibility index (Phi) is 10.7. The van der Waals surface area contributed by atoms with E-state index in [0.717, 1.165) is 48.9 Å². The van der Waals surface area contributed by atoms with Gasteiger partial charge in [0.25, 0.3) is 0 Å². The van der Waals surface area contributed by atoms with Gasteiger partial charge in [-0.2, -0.15) is 0 Å². The van der Waals surface area contributed by atoms with Gasteiger partial charge in [-0.05, 0) is 43.9 Å². The van der Waals surface area contributed by atoms with E-state index < -0.39 is 0 Å². The Hall–Kier alpha value is -0.000000000000000222. The second-order valence-electron chi connectivity index (χ2n) is 6.74. The van der Waals surface area contributed by atoms with Gasteiger partial charge in [0, 0.05) is 42.3 Å². The van der Waals surface area contributed by atoms with Crippen LogP contribution in [0.5, 0.6) is 5.75 Å². The fraction of sp³-hybridized carbons (Fsp3) is 0.684. The number of hydrogen-bond acceptors (Lipinski definition) is 3. The number of ether oxygens (including phenoxy) is 1. The van der Waals surface area contributed by atoms with Gasteiger partial charge in [-0.25, -0.2) is 0 Å². The largest absolute Gasteiger partial charge is 0.494 e. The molecule has 0 radical (unpaired) electrons. The van der Waals surface area contributed by atoms with Crippen LogP contribution in [0.1, 0.15) is 50.6 Å². The van der Waals surface area contributed by atoms with E-state index in [9.17, 15) is 0 Å². The SMILES string of the molecule is CCOc1ccc(Br)cc1[C@@H](C1CCCCC1)N1CCNCC1.Cl.Cl. The quantitative estimate of drug-likeness (QED) is 0.661. The van der Waals surface area contributed by atoms with Crippen LogP contribution < -0.4 is 10.1 Å². The minimum atomic E-state index is 0. The average Bonchev–Trinajstić information content (AvgIpc) is 2.60. The van der Waals surface area contributed by atoms with E-state index in [-0.39, 0.29) is 24.8 Å². The third-order valence-electron chi connectivity index (χ3n) is 5.23. The predicted octanol–water partition coefficient (Wildman–Crippen LogP) is 5.22. The van der Waals surface area contributed by atoms with Crippen LogP contribution in [0, 0.1) is 5.92 Å². The molecule has 0 spiro atoms. The van der Waals surface area contributed by atoms with Crippen molar-refractivity contribution >= 4 is 40.7 Å². The predicted molar refractivity (Wildman–Crippen MR) is 114 cm³/mol. The molecule has 6 heteroatoms. The first-order chi connectivity index (χ1) is 11.3. The van der Waals surface area contributed by atoms with Crippen LogP contribution in [0.2, 0.25) is 0 Å². The van der Waals surface area contributed by atoms with Crippen molar-refractivity contribution in [2.24, 2.45) is 5.92 Å². The second kappa shape index (κ2) is 11.7. The van der Waals surface area contributed by atoms with Crippen LogP contribution in [-0.2, 0) is 0 Å². The lowest BCUT2D eigenvalue weighted by atomic mass is 9.80. The van der Waals surface area contributed by atoms with Crippen molar-refractivity contribution in [2.45, 2.75) is 45.1 Å². The molecule has 1 N–H and O–H groups in total. The van der Waals surface area contributed by atoms with Crippen LogP contribution in [0.3, 0.4) is 0 Å². The van der Waals surface area contributed by atoms with Gasteiger partial charge in [-0.3, -0.25) is 4.90 Å². The number of halogens is 3. The van der Waals surface area contributed by atoms with Crippen molar-refractivity contribution in [3.8, 4) is 5.75 Å². The molecule has 0 bridgehead atoms. The molecule has 1 aromatic rings. The highest BCUT2D eigenvalue weighted by atomic mass is 79.9. The summed E-state index contributed by atoms with van der Waals surface area (Å²) in [5, 5.41) is 3.49. The molecule has 1 aliphatic carbocycles. The van der Waals surface area contributed by atoms with Crippen LogP contribution in [0.15, 0.2) is 22.7 Å². The summed E-state index contributed by atoms with van der Waals surface area (Å²) in [6, 6.07) is 7.04. The number of benzene rings is 1. The second-order valence-corrected chi connectivity index (χ2v) is 7.66. The number of hydrogen-bond donors (Lipinski definition) is 1. The van der Waals surface area contributed by atoms with Gasteiger partial charge < -0.3 is 10.1 Å². The highest BCUT2D eigenvalue weighted by Gasteiger charge is 2.32. The van der Waals surface area contributed by atoms with Crippen molar-refractivity contribution < 1.29 is 4.74 Å². The summed E-state index contributed by atoms with van der Waals surface area (Å²) in [4.78, 5) is 2.69. The lowest BCUT2D eigenvalue weighted by Gasteiger charge is -2.41. The van der Waals surface area contributed by atoms with Gasteiger partial charge in [0.05, 0.1) is 6.61 Å². The maximum absolute atomic E-state index is 5.99.